The topological polar surface area (TPSA) is 69.7 Å². The van der Waals surface area contributed by atoms with Crippen LogP contribution in [0.4, 0.5) is 5.82 Å². The van der Waals surface area contributed by atoms with Crippen molar-refractivity contribution in [3.05, 3.63) is 42.1 Å². The molecule has 2 saturated heterocycles. The lowest BCUT2D eigenvalue weighted by molar-refractivity contribution is -0.118. The van der Waals surface area contributed by atoms with Gasteiger partial charge in [-0.1, -0.05) is 6.07 Å². The van der Waals surface area contributed by atoms with E-state index in [0.29, 0.717) is 30.9 Å². The van der Waals surface area contributed by atoms with Crippen LogP contribution in [0, 0.1) is 24.7 Å². The van der Waals surface area contributed by atoms with Gasteiger partial charge in [0.25, 0.3) is 0 Å². The highest BCUT2D eigenvalue weighted by Crippen LogP contribution is 2.51. The lowest BCUT2D eigenvalue weighted by Gasteiger charge is -2.24. The van der Waals surface area contributed by atoms with Crippen molar-refractivity contribution in [2.24, 2.45) is 17.8 Å². The Hall–Kier alpha value is -2.44. The van der Waals surface area contributed by atoms with Crippen molar-refractivity contribution in [3.63, 3.8) is 0 Å². The molecular formula is C23H26N2O4. The molecule has 1 saturated carbocycles. The number of nitrogens with zero attached hydrogens (tertiary/aromatic N) is 1. The molecule has 2 aromatic rings. The third-order valence-corrected chi connectivity index (χ3v) is 6.24. The molecule has 0 spiro atoms. The number of benzene rings is 1. The van der Waals surface area contributed by atoms with Gasteiger partial charge in [-0.15, -0.1) is 0 Å². The number of hydrogen-bond donors (Lipinski definition) is 1. The van der Waals surface area contributed by atoms with Gasteiger partial charge in [0.1, 0.15) is 17.7 Å². The van der Waals surface area contributed by atoms with Gasteiger partial charge in [-0.3, -0.25) is 4.79 Å². The van der Waals surface area contributed by atoms with Crippen LogP contribution in [0.1, 0.15) is 18.4 Å². The summed E-state index contributed by atoms with van der Waals surface area (Å²) in [5.74, 6) is 2.44. The van der Waals surface area contributed by atoms with Gasteiger partial charge in [0.05, 0.1) is 26.4 Å². The molecule has 3 aliphatic rings. The minimum atomic E-state index is 0.0596. The van der Waals surface area contributed by atoms with E-state index in [0.717, 1.165) is 48.5 Å². The molecule has 29 heavy (non-hydrogen) atoms. The number of anilines is 1. The number of aromatic nitrogens is 1. The standard InChI is InChI=1S/C23H26N2O4/c1-14-10-15(2-3-20(14)29-17-5-8-27-9-6-17)16-4-7-24-21(11-16)25-23(26)22-18-12-28-13-19(18)22/h2-4,7,10-11,17-19,22H,5-6,8-9,12-13H2,1H3,(H,24,25,26)/t18-,19+,22+. The van der Waals surface area contributed by atoms with E-state index in [1.165, 1.54) is 0 Å². The number of rotatable bonds is 5. The summed E-state index contributed by atoms with van der Waals surface area (Å²) in [6.07, 6.45) is 3.83. The van der Waals surface area contributed by atoms with Gasteiger partial charge >= 0.3 is 0 Å². The number of fused-ring (bicyclic) bond motifs is 1. The first kappa shape index (κ1) is 18.6. The smallest absolute Gasteiger partial charge is 0.229 e. The Labute approximate surface area is 170 Å². The highest BCUT2D eigenvalue weighted by molar-refractivity contribution is 5.94. The molecule has 3 heterocycles. The largest absolute Gasteiger partial charge is 0.490 e. The van der Waals surface area contributed by atoms with Crippen molar-refractivity contribution in [1.29, 1.82) is 0 Å². The highest BCUT2D eigenvalue weighted by atomic mass is 16.5. The third kappa shape index (κ3) is 3.87. The predicted molar refractivity (Wildman–Crippen MR) is 109 cm³/mol. The van der Waals surface area contributed by atoms with Crippen LogP contribution in [0.2, 0.25) is 0 Å². The normalized spacial score (nSPS) is 26.0. The SMILES string of the molecule is Cc1cc(-c2ccnc(NC(=O)[C@H]3[C@@H]4COC[C@@H]43)c2)ccc1OC1CCOCC1. The van der Waals surface area contributed by atoms with Crippen molar-refractivity contribution in [3.8, 4) is 16.9 Å². The predicted octanol–water partition coefficient (Wildman–Crippen LogP) is 3.45. The summed E-state index contributed by atoms with van der Waals surface area (Å²) in [6, 6.07) is 10.1. The van der Waals surface area contributed by atoms with Crippen molar-refractivity contribution in [2.45, 2.75) is 25.9 Å². The lowest BCUT2D eigenvalue weighted by Crippen LogP contribution is -2.26. The Balaban J connectivity index is 1.27. The van der Waals surface area contributed by atoms with E-state index in [-0.39, 0.29) is 17.9 Å². The summed E-state index contributed by atoms with van der Waals surface area (Å²) in [6.45, 7) is 5.01. The van der Waals surface area contributed by atoms with Crippen LogP contribution in [0.3, 0.4) is 0 Å². The molecule has 1 aromatic heterocycles. The van der Waals surface area contributed by atoms with Crippen LogP contribution in [0.15, 0.2) is 36.5 Å². The molecule has 3 fully saturated rings. The molecule has 6 nitrogen and oxygen atoms in total. The minimum absolute atomic E-state index is 0.0596. The summed E-state index contributed by atoms with van der Waals surface area (Å²) >= 11 is 0. The number of ether oxygens (including phenoxy) is 3. The fraction of sp³-hybridized carbons (Fsp3) is 0.478. The van der Waals surface area contributed by atoms with Crippen LogP contribution in [0.5, 0.6) is 5.75 Å². The number of hydrogen-bond acceptors (Lipinski definition) is 5. The number of aryl methyl sites for hydroxylation is 1. The molecule has 5 rings (SSSR count). The molecule has 2 aliphatic heterocycles. The van der Waals surface area contributed by atoms with Gasteiger partial charge in [-0.05, 0) is 59.7 Å². The zero-order chi connectivity index (χ0) is 19.8. The fourth-order valence-corrected chi connectivity index (χ4v) is 4.45. The van der Waals surface area contributed by atoms with Crippen molar-refractivity contribution < 1.29 is 19.0 Å². The molecule has 1 amide bonds. The molecule has 0 bridgehead atoms. The van der Waals surface area contributed by atoms with Crippen LogP contribution < -0.4 is 10.1 Å². The number of pyridine rings is 1. The monoisotopic (exact) mass is 394 g/mol. The maximum atomic E-state index is 12.5. The maximum absolute atomic E-state index is 12.5. The Morgan fingerprint density at radius 2 is 1.83 bits per heavy atom. The number of nitrogens with one attached hydrogen (secondary N) is 1. The van der Waals surface area contributed by atoms with Crippen molar-refractivity contribution in [1.82, 2.24) is 4.98 Å². The summed E-state index contributed by atoms with van der Waals surface area (Å²) in [7, 11) is 0. The first-order chi connectivity index (χ1) is 14.2. The molecule has 1 aliphatic carbocycles. The zero-order valence-corrected chi connectivity index (χ0v) is 16.6. The van der Waals surface area contributed by atoms with Gasteiger partial charge in [0, 0.05) is 25.0 Å². The molecule has 152 valence electrons. The lowest BCUT2D eigenvalue weighted by atomic mass is 10.0. The van der Waals surface area contributed by atoms with Crippen molar-refractivity contribution >= 4 is 11.7 Å². The number of amides is 1. The molecular weight excluding hydrogens is 368 g/mol. The van der Waals surface area contributed by atoms with E-state index < -0.39 is 0 Å². The third-order valence-electron chi connectivity index (χ3n) is 6.24. The first-order valence-corrected chi connectivity index (χ1v) is 10.4. The molecule has 0 unspecified atom stereocenters. The Morgan fingerprint density at radius 3 is 2.59 bits per heavy atom. The first-order valence-electron chi connectivity index (χ1n) is 10.4. The van der Waals surface area contributed by atoms with E-state index in [1.54, 1.807) is 6.20 Å². The van der Waals surface area contributed by atoms with E-state index >= 15 is 0 Å². The second-order valence-corrected chi connectivity index (χ2v) is 8.22. The Bertz CT molecular complexity index is 900. The van der Waals surface area contributed by atoms with E-state index in [4.69, 9.17) is 14.2 Å². The molecule has 6 heteroatoms. The molecule has 1 N–H and O–H groups in total. The van der Waals surface area contributed by atoms with E-state index in [1.807, 2.05) is 18.2 Å². The minimum Gasteiger partial charge on any atom is -0.490 e. The van der Waals surface area contributed by atoms with E-state index in [9.17, 15) is 4.79 Å². The average Bonchev–Trinajstić information content (AvgIpc) is 3.23. The van der Waals surface area contributed by atoms with Gasteiger partial charge in [-0.25, -0.2) is 4.98 Å². The second-order valence-electron chi connectivity index (χ2n) is 8.22. The number of carbonyl (C=O) groups is 1. The van der Waals surface area contributed by atoms with Gasteiger partial charge in [0.15, 0.2) is 0 Å². The summed E-state index contributed by atoms with van der Waals surface area (Å²) in [5.41, 5.74) is 3.20. The Kier molecular flexibility index (Phi) is 4.97. The van der Waals surface area contributed by atoms with Crippen LogP contribution >= 0.6 is 0 Å². The summed E-state index contributed by atoms with van der Waals surface area (Å²) in [4.78, 5) is 16.8. The van der Waals surface area contributed by atoms with Crippen LogP contribution in [-0.4, -0.2) is 43.4 Å². The van der Waals surface area contributed by atoms with Crippen LogP contribution in [-0.2, 0) is 14.3 Å². The van der Waals surface area contributed by atoms with Crippen molar-refractivity contribution in [2.75, 3.05) is 31.7 Å². The fourth-order valence-electron chi connectivity index (χ4n) is 4.45. The average molecular weight is 394 g/mol. The van der Waals surface area contributed by atoms with Gasteiger partial charge in [0.2, 0.25) is 5.91 Å². The molecule has 0 radical (unpaired) electrons. The van der Waals surface area contributed by atoms with Crippen LogP contribution in [0.25, 0.3) is 11.1 Å². The quantitative estimate of drug-likeness (QED) is 0.841. The Morgan fingerprint density at radius 1 is 1.07 bits per heavy atom. The summed E-state index contributed by atoms with van der Waals surface area (Å²) in [5, 5.41) is 2.98. The molecule has 3 atom stereocenters. The summed E-state index contributed by atoms with van der Waals surface area (Å²) < 4.78 is 16.9. The highest BCUT2D eigenvalue weighted by Gasteiger charge is 2.58. The zero-order valence-electron chi connectivity index (χ0n) is 16.6. The van der Waals surface area contributed by atoms with Gasteiger partial charge < -0.3 is 19.5 Å². The number of carbonyl (C=O) groups excluding carboxylic acids is 1. The van der Waals surface area contributed by atoms with E-state index in [2.05, 4.69) is 29.4 Å². The van der Waals surface area contributed by atoms with Gasteiger partial charge in [-0.2, -0.15) is 0 Å². The second kappa shape index (κ2) is 7.76. The molecule has 1 aromatic carbocycles. The maximum Gasteiger partial charge on any atom is 0.229 e.